The minimum Gasteiger partial charge on any atom is -0.494 e. The Bertz CT molecular complexity index is 1220. The zero-order chi connectivity index (χ0) is 24.6. The van der Waals surface area contributed by atoms with Crippen molar-refractivity contribution in [3.63, 3.8) is 0 Å². The van der Waals surface area contributed by atoms with Gasteiger partial charge in [-0.2, -0.15) is 4.98 Å². The van der Waals surface area contributed by atoms with Gasteiger partial charge in [0.05, 0.1) is 6.61 Å². The van der Waals surface area contributed by atoms with Crippen LogP contribution in [0.25, 0.3) is 11.1 Å². The number of carboxylic acid groups (broad SMARTS) is 1. The molecule has 0 saturated carbocycles. The average Bonchev–Trinajstić information content (AvgIpc) is 3.30. The molecule has 1 atom stereocenters. The van der Waals surface area contributed by atoms with Crippen LogP contribution >= 0.6 is 0 Å². The fraction of sp³-hybridized carbons (Fsp3) is 0.286. The first-order valence-corrected chi connectivity index (χ1v) is 11.8. The molecule has 182 valence electrons. The molecule has 1 heterocycles. The third-order valence-electron chi connectivity index (χ3n) is 5.61. The fourth-order valence-corrected chi connectivity index (χ4v) is 3.73. The van der Waals surface area contributed by atoms with E-state index in [9.17, 15) is 9.90 Å². The molecular formula is C28H30N2O5. The number of carboxylic acids is 1. The summed E-state index contributed by atoms with van der Waals surface area (Å²) >= 11 is 0. The Hall–Kier alpha value is -4.00. The number of hydrogen-bond acceptors (Lipinski definition) is 6. The SMILES string of the molecule is CCC(Oc1cccc(CN(CCCOc2ccc(C)cc2)c2nc3ccccc3o2)c1)C(=O)O. The summed E-state index contributed by atoms with van der Waals surface area (Å²) in [6.07, 6.45) is 0.271. The predicted octanol–water partition coefficient (Wildman–Crippen LogP) is 5.85. The van der Waals surface area contributed by atoms with Crippen LogP contribution in [-0.2, 0) is 11.3 Å². The van der Waals surface area contributed by atoms with E-state index in [-0.39, 0.29) is 0 Å². The summed E-state index contributed by atoms with van der Waals surface area (Å²) in [5.41, 5.74) is 3.68. The number of aryl methyl sites for hydroxylation is 1. The highest BCUT2D eigenvalue weighted by Gasteiger charge is 2.18. The summed E-state index contributed by atoms with van der Waals surface area (Å²) in [5, 5.41) is 9.32. The van der Waals surface area contributed by atoms with Crippen LogP contribution < -0.4 is 14.4 Å². The Kier molecular flexibility index (Phi) is 7.88. The van der Waals surface area contributed by atoms with Gasteiger partial charge >= 0.3 is 5.97 Å². The maximum absolute atomic E-state index is 11.4. The summed E-state index contributed by atoms with van der Waals surface area (Å²) in [5.74, 6) is 0.398. The van der Waals surface area contributed by atoms with Crippen LogP contribution in [0.2, 0.25) is 0 Å². The largest absolute Gasteiger partial charge is 0.494 e. The van der Waals surface area contributed by atoms with Gasteiger partial charge in [0.15, 0.2) is 11.7 Å². The number of oxazole rings is 1. The lowest BCUT2D eigenvalue weighted by molar-refractivity contribution is -0.145. The van der Waals surface area contributed by atoms with Crippen LogP contribution in [0.4, 0.5) is 6.01 Å². The van der Waals surface area contributed by atoms with Crippen molar-refractivity contribution in [3.05, 3.63) is 83.9 Å². The van der Waals surface area contributed by atoms with E-state index in [1.807, 2.05) is 73.7 Å². The number of benzene rings is 3. The second-order valence-corrected chi connectivity index (χ2v) is 8.40. The quantitative estimate of drug-likeness (QED) is 0.258. The Morgan fingerprint density at radius 2 is 1.86 bits per heavy atom. The highest BCUT2D eigenvalue weighted by atomic mass is 16.5. The van der Waals surface area contributed by atoms with Crippen molar-refractivity contribution < 1.29 is 23.8 Å². The van der Waals surface area contributed by atoms with E-state index >= 15 is 0 Å². The Morgan fingerprint density at radius 1 is 1.06 bits per heavy atom. The molecule has 7 nitrogen and oxygen atoms in total. The van der Waals surface area contributed by atoms with Gasteiger partial charge in [0, 0.05) is 13.1 Å². The Labute approximate surface area is 204 Å². The minimum absolute atomic E-state index is 0.384. The predicted molar refractivity (Wildman–Crippen MR) is 135 cm³/mol. The highest BCUT2D eigenvalue weighted by Crippen LogP contribution is 2.25. The summed E-state index contributed by atoms with van der Waals surface area (Å²) in [7, 11) is 0. The van der Waals surface area contributed by atoms with Gasteiger partial charge in [-0.15, -0.1) is 0 Å². The third kappa shape index (κ3) is 6.53. The summed E-state index contributed by atoms with van der Waals surface area (Å²) in [6, 6.07) is 23.7. The number of hydrogen-bond donors (Lipinski definition) is 1. The molecule has 0 amide bonds. The van der Waals surface area contributed by atoms with E-state index in [4.69, 9.17) is 13.9 Å². The van der Waals surface area contributed by atoms with Crippen molar-refractivity contribution in [1.29, 1.82) is 0 Å². The van der Waals surface area contributed by atoms with Crippen molar-refractivity contribution in [3.8, 4) is 11.5 Å². The molecular weight excluding hydrogens is 444 g/mol. The summed E-state index contributed by atoms with van der Waals surface area (Å²) in [4.78, 5) is 18.1. The first kappa shape index (κ1) is 24.1. The number of ether oxygens (including phenoxy) is 2. The number of rotatable bonds is 12. The molecule has 1 N–H and O–H groups in total. The fourth-order valence-electron chi connectivity index (χ4n) is 3.73. The Balaban J connectivity index is 1.47. The van der Waals surface area contributed by atoms with E-state index in [1.165, 1.54) is 5.56 Å². The number of nitrogens with zero attached hydrogens (tertiary/aromatic N) is 2. The molecule has 0 spiro atoms. The second kappa shape index (κ2) is 11.4. The molecule has 7 heteroatoms. The van der Waals surface area contributed by atoms with Crippen LogP contribution in [0.1, 0.15) is 30.9 Å². The monoisotopic (exact) mass is 474 g/mol. The molecule has 0 aliphatic rings. The second-order valence-electron chi connectivity index (χ2n) is 8.40. The minimum atomic E-state index is -0.973. The lowest BCUT2D eigenvalue weighted by Crippen LogP contribution is -2.27. The lowest BCUT2D eigenvalue weighted by Gasteiger charge is -2.21. The van der Waals surface area contributed by atoms with Crippen molar-refractivity contribution >= 4 is 23.1 Å². The molecule has 1 aromatic heterocycles. The molecule has 0 aliphatic carbocycles. The third-order valence-corrected chi connectivity index (χ3v) is 5.61. The molecule has 4 aromatic rings. The van der Waals surface area contributed by atoms with Gasteiger partial charge in [0.2, 0.25) is 0 Å². The van der Waals surface area contributed by atoms with Crippen LogP contribution in [0.3, 0.4) is 0 Å². The zero-order valence-corrected chi connectivity index (χ0v) is 20.0. The van der Waals surface area contributed by atoms with Crippen molar-refractivity contribution in [1.82, 2.24) is 4.98 Å². The average molecular weight is 475 g/mol. The lowest BCUT2D eigenvalue weighted by atomic mass is 10.2. The summed E-state index contributed by atoms with van der Waals surface area (Å²) < 4.78 is 17.6. The van der Waals surface area contributed by atoms with Gasteiger partial charge in [-0.25, -0.2) is 4.79 Å². The number of anilines is 1. The highest BCUT2D eigenvalue weighted by molar-refractivity contribution is 5.74. The zero-order valence-electron chi connectivity index (χ0n) is 20.0. The smallest absolute Gasteiger partial charge is 0.344 e. The van der Waals surface area contributed by atoms with E-state index < -0.39 is 12.1 Å². The number of aromatic nitrogens is 1. The van der Waals surface area contributed by atoms with E-state index in [1.54, 1.807) is 13.0 Å². The molecule has 4 rings (SSSR count). The van der Waals surface area contributed by atoms with Crippen LogP contribution in [0, 0.1) is 6.92 Å². The molecule has 0 saturated heterocycles. The molecule has 0 aliphatic heterocycles. The van der Waals surface area contributed by atoms with Crippen LogP contribution in [0.15, 0.2) is 77.2 Å². The van der Waals surface area contributed by atoms with Crippen LogP contribution in [-0.4, -0.2) is 35.3 Å². The normalized spacial score (nSPS) is 11.8. The van der Waals surface area contributed by atoms with Gasteiger partial charge in [-0.3, -0.25) is 0 Å². The van der Waals surface area contributed by atoms with Gasteiger partial charge < -0.3 is 23.9 Å². The Morgan fingerprint density at radius 3 is 2.60 bits per heavy atom. The van der Waals surface area contributed by atoms with Crippen molar-refractivity contribution in [2.75, 3.05) is 18.1 Å². The van der Waals surface area contributed by atoms with Gasteiger partial charge in [0.25, 0.3) is 6.01 Å². The maximum Gasteiger partial charge on any atom is 0.344 e. The molecule has 0 fully saturated rings. The van der Waals surface area contributed by atoms with Crippen LogP contribution in [0.5, 0.6) is 11.5 Å². The number of carbonyl (C=O) groups is 1. The number of para-hydroxylation sites is 2. The number of fused-ring (bicyclic) bond motifs is 1. The topological polar surface area (TPSA) is 85.0 Å². The van der Waals surface area contributed by atoms with E-state index in [0.717, 1.165) is 28.8 Å². The maximum atomic E-state index is 11.4. The first-order valence-electron chi connectivity index (χ1n) is 11.8. The standard InChI is InChI=1S/C28H30N2O5/c1-3-25(27(31)32)34-23-9-6-8-21(18-23)19-30(28-29-24-10-4-5-11-26(24)35-28)16-7-17-33-22-14-12-20(2)13-15-22/h4-6,8-15,18,25H,3,7,16-17,19H2,1-2H3,(H,31,32). The van der Waals surface area contributed by atoms with E-state index in [2.05, 4.69) is 9.88 Å². The van der Waals surface area contributed by atoms with Gasteiger partial charge in [0.1, 0.15) is 17.0 Å². The molecule has 0 radical (unpaired) electrons. The molecule has 35 heavy (non-hydrogen) atoms. The van der Waals surface area contributed by atoms with E-state index in [0.29, 0.717) is 37.9 Å². The summed E-state index contributed by atoms with van der Waals surface area (Å²) in [6.45, 7) is 5.58. The molecule has 1 unspecified atom stereocenters. The van der Waals surface area contributed by atoms with Crippen molar-refractivity contribution in [2.45, 2.75) is 39.3 Å². The molecule has 3 aromatic carbocycles. The van der Waals surface area contributed by atoms with Gasteiger partial charge in [-0.05, 0) is 61.7 Å². The first-order chi connectivity index (χ1) is 17.0. The van der Waals surface area contributed by atoms with Gasteiger partial charge in [-0.1, -0.05) is 48.9 Å². The van der Waals surface area contributed by atoms with Crippen molar-refractivity contribution in [2.24, 2.45) is 0 Å². The number of aliphatic carboxylic acids is 1. The molecule has 0 bridgehead atoms.